The van der Waals surface area contributed by atoms with Crippen LogP contribution in [0.5, 0.6) is 0 Å². The summed E-state index contributed by atoms with van der Waals surface area (Å²) in [5, 5.41) is 9.44. The molecule has 2 heterocycles. The molecule has 1 aromatic heterocycles. The van der Waals surface area contributed by atoms with Crippen LogP contribution in [0.25, 0.3) is 0 Å². The topological polar surface area (TPSA) is 36.4 Å². The Labute approximate surface area is 90.8 Å². The van der Waals surface area contributed by atoms with Crippen LogP contribution < -0.4 is 4.90 Å². The van der Waals surface area contributed by atoms with Crippen LogP contribution in [-0.4, -0.2) is 29.3 Å². The first-order valence-electron chi connectivity index (χ1n) is 5.56. The highest BCUT2D eigenvalue weighted by Gasteiger charge is 2.20. The summed E-state index contributed by atoms with van der Waals surface area (Å²) >= 11 is 0. The molecular formula is C12H18N2O. The van der Waals surface area contributed by atoms with E-state index < -0.39 is 0 Å². The van der Waals surface area contributed by atoms with Gasteiger partial charge in [-0.2, -0.15) is 0 Å². The Morgan fingerprint density at radius 3 is 2.73 bits per heavy atom. The Morgan fingerprint density at radius 1 is 1.47 bits per heavy atom. The number of aliphatic hydroxyl groups excluding tert-OH is 1. The van der Waals surface area contributed by atoms with Crippen LogP contribution in [0.4, 0.5) is 5.69 Å². The smallest absolute Gasteiger partial charge is 0.0731 e. The molecule has 0 amide bonds. The first-order chi connectivity index (χ1) is 7.16. The molecule has 0 radical (unpaired) electrons. The fraction of sp³-hybridized carbons (Fsp3) is 0.583. The Bertz CT molecular complexity index is 321. The first-order valence-corrected chi connectivity index (χ1v) is 5.56. The van der Waals surface area contributed by atoms with Crippen LogP contribution in [0.3, 0.4) is 0 Å². The third-order valence-corrected chi connectivity index (χ3v) is 2.89. The molecule has 3 nitrogen and oxygen atoms in total. The molecule has 3 heteroatoms. The van der Waals surface area contributed by atoms with E-state index in [-0.39, 0.29) is 6.10 Å². The predicted molar refractivity (Wildman–Crippen MR) is 61.2 cm³/mol. The van der Waals surface area contributed by atoms with E-state index in [0.29, 0.717) is 5.92 Å². The Balaban J connectivity index is 2.10. The van der Waals surface area contributed by atoms with Crippen LogP contribution in [-0.2, 0) is 0 Å². The van der Waals surface area contributed by atoms with Crippen molar-refractivity contribution < 1.29 is 5.11 Å². The van der Waals surface area contributed by atoms with Crippen molar-refractivity contribution in [2.24, 2.45) is 0 Å². The molecule has 0 aliphatic carbocycles. The van der Waals surface area contributed by atoms with E-state index in [9.17, 15) is 5.11 Å². The van der Waals surface area contributed by atoms with Crippen molar-refractivity contribution in [2.45, 2.75) is 32.3 Å². The van der Waals surface area contributed by atoms with E-state index in [1.807, 2.05) is 6.20 Å². The van der Waals surface area contributed by atoms with Crippen LogP contribution in [0.15, 0.2) is 18.3 Å². The van der Waals surface area contributed by atoms with Gasteiger partial charge in [-0.1, -0.05) is 13.8 Å². The van der Waals surface area contributed by atoms with Crippen LogP contribution >= 0.6 is 0 Å². The number of hydrogen-bond acceptors (Lipinski definition) is 3. The number of β-amino-alcohol motifs (C(OH)–C–C–N with tert-alkyl or cyclic N) is 1. The normalized spacial score (nSPS) is 21.3. The van der Waals surface area contributed by atoms with E-state index in [1.165, 1.54) is 0 Å². The van der Waals surface area contributed by atoms with Crippen molar-refractivity contribution in [1.29, 1.82) is 0 Å². The highest BCUT2D eigenvalue weighted by atomic mass is 16.3. The number of pyridine rings is 1. The minimum Gasteiger partial charge on any atom is -0.391 e. The maximum absolute atomic E-state index is 9.44. The van der Waals surface area contributed by atoms with Gasteiger partial charge in [0, 0.05) is 18.8 Å². The minimum atomic E-state index is -0.172. The number of aliphatic hydroxyl groups is 1. The maximum atomic E-state index is 9.44. The van der Waals surface area contributed by atoms with Crippen molar-refractivity contribution >= 4 is 5.69 Å². The zero-order chi connectivity index (χ0) is 10.8. The fourth-order valence-corrected chi connectivity index (χ4v) is 1.90. The molecule has 15 heavy (non-hydrogen) atoms. The second-order valence-electron chi connectivity index (χ2n) is 4.48. The zero-order valence-electron chi connectivity index (χ0n) is 9.35. The Morgan fingerprint density at radius 2 is 2.27 bits per heavy atom. The van der Waals surface area contributed by atoms with E-state index >= 15 is 0 Å². The Hall–Kier alpha value is -1.09. The third kappa shape index (κ3) is 2.29. The molecule has 1 aliphatic rings. The lowest BCUT2D eigenvalue weighted by atomic mass is 10.1. The van der Waals surface area contributed by atoms with Gasteiger partial charge in [0.25, 0.3) is 0 Å². The number of aromatic nitrogens is 1. The second kappa shape index (κ2) is 4.19. The molecule has 2 rings (SSSR count). The quantitative estimate of drug-likeness (QED) is 0.801. The number of anilines is 1. The second-order valence-corrected chi connectivity index (χ2v) is 4.48. The molecule has 0 aromatic carbocycles. The average molecular weight is 206 g/mol. The molecule has 1 N–H and O–H groups in total. The molecule has 1 aliphatic heterocycles. The van der Waals surface area contributed by atoms with Gasteiger partial charge in [-0.15, -0.1) is 0 Å². The number of rotatable bonds is 2. The predicted octanol–water partition coefficient (Wildman–Crippen LogP) is 1.78. The van der Waals surface area contributed by atoms with E-state index in [4.69, 9.17) is 0 Å². The van der Waals surface area contributed by atoms with Crippen molar-refractivity contribution in [3.8, 4) is 0 Å². The third-order valence-electron chi connectivity index (χ3n) is 2.89. The van der Waals surface area contributed by atoms with Crippen molar-refractivity contribution in [2.75, 3.05) is 18.0 Å². The molecule has 1 atom stereocenters. The van der Waals surface area contributed by atoms with Gasteiger partial charge in [0.1, 0.15) is 0 Å². The van der Waals surface area contributed by atoms with E-state index in [2.05, 4.69) is 35.9 Å². The van der Waals surface area contributed by atoms with Gasteiger partial charge in [-0.05, 0) is 24.5 Å². The van der Waals surface area contributed by atoms with Gasteiger partial charge in [-0.3, -0.25) is 4.98 Å². The van der Waals surface area contributed by atoms with Crippen LogP contribution in [0, 0.1) is 0 Å². The lowest BCUT2D eigenvalue weighted by Gasteiger charge is -2.17. The molecule has 1 unspecified atom stereocenters. The molecule has 0 saturated carbocycles. The van der Waals surface area contributed by atoms with Crippen molar-refractivity contribution in [3.63, 3.8) is 0 Å². The molecule has 1 saturated heterocycles. The monoisotopic (exact) mass is 206 g/mol. The number of nitrogens with zero attached hydrogens (tertiary/aromatic N) is 2. The zero-order valence-corrected chi connectivity index (χ0v) is 9.35. The highest BCUT2D eigenvalue weighted by Crippen LogP contribution is 2.21. The van der Waals surface area contributed by atoms with Gasteiger partial charge in [0.2, 0.25) is 0 Å². The van der Waals surface area contributed by atoms with E-state index in [1.54, 1.807) is 0 Å². The van der Waals surface area contributed by atoms with Gasteiger partial charge in [-0.25, -0.2) is 0 Å². The van der Waals surface area contributed by atoms with Gasteiger partial charge in [0.15, 0.2) is 0 Å². The lowest BCUT2D eigenvalue weighted by molar-refractivity contribution is 0.198. The lowest BCUT2D eigenvalue weighted by Crippen LogP contribution is -2.21. The fourth-order valence-electron chi connectivity index (χ4n) is 1.90. The minimum absolute atomic E-state index is 0.172. The molecule has 0 spiro atoms. The van der Waals surface area contributed by atoms with Crippen LogP contribution in [0.1, 0.15) is 31.9 Å². The summed E-state index contributed by atoms with van der Waals surface area (Å²) in [6.07, 6.45) is 2.61. The summed E-state index contributed by atoms with van der Waals surface area (Å²) in [7, 11) is 0. The average Bonchev–Trinajstić information content (AvgIpc) is 2.65. The largest absolute Gasteiger partial charge is 0.391 e. The summed E-state index contributed by atoms with van der Waals surface area (Å²) in [6, 6.07) is 4.17. The van der Waals surface area contributed by atoms with Crippen LogP contribution in [0.2, 0.25) is 0 Å². The first kappa shape index (κ1) is 10.4. The van der Waals surface area contributed by atoms with E-state index in [0.717, 1.165) is 30.9 Å². The van der Waals surface area contributed by atoms with Gasteiger partial charge in [0.05, 0.1) is 18.0 Å². The summed E-state index contributed by atoms with van der Waals surface area (Å²) in [4.78, 5) is 6.61. The molecule has 1 aromatic rings. The molecule has 82 valence electrons. The SMILES string of the molecule is CC(C)c1ccc(N2CCC(O)C2)cn1. The van der Waals surface area contributed by atoms with Gasteiger partial charge >= 0.3 is 0 Å². The summed E-state index contributed by atoms with van der Waals surface area (Å²) in [6.45, 7) is 5.95. The molecule has 0 bridgehead atoms. The van der Waals surface area contributed by atoms with Crippen molar-refractivity contribution in [1.82, 2.24) is 4.98 Å². The Kier molecular flexibility index (Phi) is 2.91. The number of hydrogen-bond donors (Lipinski definition) is 1. The summed E-state index contributed by atoms with van der Waals surface area (Å²) in [5.41, 5.74) is 2.24. The standard InChI is InChI=1S/C12H18N2O/c1-9(2)12-4-3-10(7-13-12)14-6-5-11(15)8-14/h3-4,7,9,11,15H,5-6,8H2,1-2H3. The maximum Gasteiger partial charge on any atom is 0.0731 e. The summed E-state index contributed by atoms with van der Waals surface area (Å²) in [5.74, 6) is 0.475. The van der Waals surface area contributed by atoms with Crippen molar-refractivity contribution in [3.05, 3.63) is 24.0 Å². The summed E-state index contributed by atoms with van der Waals surface area (Å²) < 4.78 is 0. The molecule has 1 fully saturated rings. The van der Waals surface area contributed by atoms with Gasteiger partial charge < -0.3 is 10.0 Å². The highest BCUT2D eigenvalue weighted by molar-refractivity contribution is 5.46. The molecular weight excluding hydrogens is 188 g/mol.